The molecule has 23 heavy (non-hydrogen) atoms. The molecule has 0 fully saturated rings. The Balaban J connectivity index is 1.60. The summed E-state index contributed by atoms with van der Waals surface area (Å²) in [6, 6.07) is 10.0. The molecule has 1 aliphatic rings. The normalized spacial score (nSPS) is 14.6. The van der Waals surface area contributed by atoms with Gasteiger partial charge in [0.15, 0.2) is 11.5 Å². The molecule has 2 aromatic carbocycles. The fraction of sp³-hybridized carbons (Fsp3) is 0.133. The van der Waals surface area contributed by atoms with Crippen LogP contribution in [-0.2, 0) is 4.79 Å². The summed E-state index contributed by atoms with van der Waals surface area (Å²) in [4.78, 5) is 12.2. The van der Waals surface area contributed by atoms with Gasteiger partial charge in [-0.15, -0.1) is 20.5 Å². The number of anilines is 1. The lowest BCUT2D eigenvalue weighted by Crippen LogP contribution is -2.25. The minimum Gasteiger partial charge on any atom is -0.395 e. The van der Waals surface area contributed by atoms with Crippen LogP contribution < -0.4 is 14.8 Å². The quantitative estimate of drug-likeness (QED) is 0.858. The Labute approximate surface area is 133 Å². The minimum atomic E-state index is -3.70. The van der Waals surface area contributed by atoms with E-state index < -0.39 is 18.0 Å². The average molecular weight is 341 g/mol. The number of carbonyl (C=O) groups is 1. The summed E-state index contributed by atoms with van der Waals surface area (Å²) in [6.07, 6.45) is -3.70. The second kappa shape index (κ2) is 6.04. The Morgan fingerprint density at radius 3 is 2.65 bits per heavy atom. The van der Waals surface area contributed by atoms with Crippen LogP contribution in [0.2, 0.25) is 0 Å². The summed E-state index contributed by atoms with van der Waals surface area (Å²) in [5.41, 5.74) is 0.282. The monoisotopic (exact) mass is 341 g/mol. The lowest BCUT2D eigenvalue weighted by molar-refractivity contribution is -0.286. The van der Waals surface area contributed by atoms with Gasteiger partial charge in [-0.05, 0) is 24.3 Å². The highest BCUT2D eigenvalue weighted by Crippen LogP contribution is 2.42. The van der Waals surface area contributed by atoms with Crippen molar-refractivity contribution in [3.05, 3.63) is 48.3 Å². The molecule has 1 aliphatic heterocycles. The molecule has 0 aliphatic carbocycles. The predicted molar refractivity (Wildman–Crippen MR) is 78.4 cm³/mol. The largest absolute Gasteiger partial charge is 0.586 e. The van der Waals surface area contributed by atoms with E-state index in [1.54, 1.807) is 18.2 Å². The first-order chi connectivity index (χ1) is 10.9. The van der Waals surface area contributed by atoms with Crippen LogP contribution in [0.1, 0.15) is 0 Å². The maximum Gasteiger partial charge on any atom is 0.586 e. The van der Waals surface area contributed by atoms with Gasteiger partial charge in [-0.25, -0.2) is 4.39 Å². The summed E-state index contributed by atoms with van der Waals surface area (Å²) in [6.45, 7) is 0. The van der Waals surface area contributed by atoms with Crippen LogP contribution >= 0.6 is 11.8 Å². The van der Waals surface area contributed by atoms with Crippen molar-refractivity contribution in [1.82, 2.24) is 0 Å². The van der Waals surface area contributed by atoms with E-state index in [1.807, 2.05) is 0 Å². The van der Waals surface area contributed by atoms with Crippen molar-refractivity contribution in [2.45, 2.75) is 11.2 Å². The van der Waals surface area contributed by atoms with Gasteiger partial charge in [0, 0.05) is 16.6 Å². The topological polar surface area (TPSA) is 47.6 Å². The Kier molecular flexibility index (Phi) is 4.08. The first-order valence-electron chi connectivity index (χ1n) is 6.50. The van der Waals surface area contributed by atoms with Crippen LogP contribution in [0.4, 0.5) is 18.9 Å². The molecule has 3 rings (SSSR count). The average Bonchev–Trinajstić information content (AvgIpc) is 2.79. The first-order valence-corrected chi connectivity index (χ1v) is 7.48. The number of ether oxygens (including phenoxy) is 2. The second-order valence-corrected chi connectivity index (χ2v) is 5.61. The SMILES string of the molecule is O=C(CSc1ccccc1F)Nc1ccc2c(c1)OC(F)(F)O2. The molecule has 8 heteroatoms. The van der Waals surface area contributed by atoms with Gasteiger partial charge in [-0.1, -0.05) is 12.1 Å². The van der Waals surface area contributed by atoms with E-state index in [-0.39, 0.29) is 22.9 Å². The fourth-order valence-electron chi connectivity index (χ4n) is 1.93. The number of alkyl halides is 2. The van der Waals surface area contributed by atoms with Gasteiger partial charge in [0.05, 0.1) is 5.75 Å². The van der Waals surface area contributed by atoms with E-state index in [0.29, 0.717) is 4.90 Å². The number of carbonyl (C=O) groups excluding carboxylic acids is 1. The van der Waals surface area contributed by atoms with E-state index >= 15 is 0 Å². The molecule has 0 aromatic heterocycles. The number of hydrogen-bond acceptors (Lipinski definition) is 4. The molecule has 0 spiro atoms. The van der Waals surface area contributed by atoms with E-state index in [1.165, 1.54) is 24.3 Å². The summed E-state index contributed by atoms with van der Waals surface area (Å²) in [5, 5.41) is 2.53. The van der Waals surface area contributed by atoms with Gasteiger partial charge >= 0.3 is 6.29 Å². The molecule has 0 saturated heterocycles. The maximum atomic E-state index is 13.4. The Morgan fingerprint density at radius 2 is 1.87 bits per heavy atom. The molecule has 0 radical (unpaired) electrons. The third-order valence-electron chi connectivity index (χ3n) is 2.88. The fourth-order valence-corrected chi connectivity index (χ4v) is 2.67. The predicted octanol–water partition coefficient (Wildman–Crippen LogP) is 3.88. The van der Waals surface area contributed by atoms with Crippen LogP contribution in [-0.4, -0.2) is 18.0 Å². The zero-order chi connectivity index (χ0) is 16.4. The van der Waals surface area contributed by atoms with E-state index in [4.69, 9.17) is 0 Å². The van der Waals surface area contributed by atoms with Crippen LogP contribution in [0.25, 0.3) is 0 Å². The second-order valence-electron chi connectivity index (χ2n) is 4.60. The Bertz CT molecular complexity index is 754. The van der Waals surface area contributed by atoms with Crippen molar-refractivity contribution >= 4 is 23.4 Å². The number of benzene rings is 2. The Morgan fingerprint density at radius 1 is 1.13 bits per heavy atom. The molecule has 120 valence electrons. The molecule has 4 nitrogen and oxygen atoms in total. The number of nitrogens with one attached hydrogen (secondary N) is 1. The van der Waals surface area contributed by atoms with Crippen LogP contribution in [0.3, 0.4) is 0 Å². The highest BCUT2D eigenvalue weighted by molar-refractivity contribution is 8.00. The highest BCUT2D eigenvalue weighted by Gasteiger charge is 2.43. The summed E-state index contributed by atoms with van der Waals surface area (Å²) in [5.74, 6) is -1.09. The molecule has 0 atom stereocenters. The lowest BCUT2D eigenvalue weighted by Gasteiger charge is -2.06. The highest BCUT2D eigenvalue weighted by atomic mass is 32.2. The van der Waals surface area contributed by atoms with Gasteiger partial charge in [-0.2, -0.15) is 0 Å². The van der Waals surface area contributed by atoms with Crippen LogP contribution in [0.5, 0.6) is 11.5 Å². The standard InChI is InChI=1S/C15H10F3NO3S/c16-10-3-1-2-4-13(10)23-8-14(20)19-9-5-6-11-12(7-9)22-15(17,18)21-11/h1-7H,8H2,(H,19,20). The Hall–Kier alpha value is -2.35. The molecule has 2 aromatic rings. The summed E-state index contributed by atoms with van der Waals surface area (Å²) < 4.78 is 47.8. The first kappa shape index (κ1) is 15.5. The molecular formula is C15H10F3NO3S. The number of halogens is 3. The van der Waals surface area contributed by atoms with E-state index in [0.717, 1.165) is 11.8 Å². The molecule has 1 N–H and O–H groups in total. The van der Waals surface area contributed by atoms with Crippen molar-refractivity contribution < 1.29 is 27.4 Å². The van der Waals surface area contributed by atoms with Gasteiger partial charge in [0.1, 0.15) is 5.82 Å². The van der Waals surface area contributed by atoms with Crippen molar-refractivity contribution in [2.75, 3.05) is 11.1 Å². The maximum absolute atomic E-state index is 13.4. The molecule has 1 amide bonds. The number of amides is 1. The zero-order valence-electron chi connectivity index (χ0n) is 11.5. The smallest absolute Gasteiger partial charge is 0.395 e. The van der Waals surface area contributed by atoms with E-state index in [9.17, 15) is 18.0 Å². The third-order valence-corrected chi connectivity index (χ3v) is 3.93. The van der Waals surface area contributed by atoms with Crippen molar-refractivity contribution in [3.63, 3.8) is 0 Å². The van der Waals surface area contributed by atoms with Crippen molar-refractivity contribution in [2.24, 2.45) is 0 Å². The van der Waals surface area contributed by atoms with Gasteiger partial charge in [0.2, 0.25) is 5.91 Å². The van der Waals surface area contributed by atoms with Gasteiger partial charge in [-0.3, -0.25) is 4.79 Å². The van der Waals surface area contributed by atoms with Crippen LogP contribution in [0, 0.1) is 5.82 Å². The zero-order valence-corrected chi connectivity index (χ0v) is 12.3. The molecular weight excluding hydrogens is 331 g/mol. The number of rotatable bonds is 4. The van der Waals surface area contributed by atoms with Crippen molar-refractivity contribution in [1.29, 1.82) is 0 Å². The molecule has 0 saturated carbocycles. The summed E-state index contributed by atoms with van der Waals surface area (Å²) >= 11 is 1.04. The summed E-state index contributed by atoms with van der Waals surface area (Å²) in [7, 11) is 0. The number of thioether (sulfide) groups is 1. The van der Waals surface area contributed by atoms with Gasteiger partial charge in [0.25, 0.3) is 0 Å². The van der Waals surface area contributed by atoms with Crippen LogP contribution in [0.15, 0.2) is 47.4 Å². The molecule has 0 unspecified atom stereocenters. The minimum absolute atomic E-state index is 0.0223. The molecule has 0 bridgehead atoms. The van der Waals surface area contributed by atoms with Gasteiger partial charge < -0.3 is 14.8 Å². The van der Waals surface area contributed by atoms with Crippen molar-refractivity contribution in [3.8, 4) is 11.5 Å². The van der Waals surface area contributed by atoms with E-state index in [2.05, 4.69) is 14.8 Å². The molecule has 1 heterocycles. The third kappa shape index (κ3) is 3.70. The lowest BCUT2D eigenvalue weighted by atomic mass is 10.3. The number of hydrogen-bond donors (Lipinski definition) is 1. The number of fused-ring (bicyclic) bond motifs is 1.